The molecule has 0 spiro atoms. The van der Waals surface area contributed by atoms with E-state index >= 15 is 0 Å². The predicted molar refractivity (Wildman–Crippen MR) is 88.9 cm³/mol. The molecule has 2 unspecified atom stereocenters. The quantitative estimate of drug-likeness (QED) is 0.839. The molecule has 0 saturated carbocycles. The summed E-state index contributed by atoms with van der Waals surface area (Å²) in [7, 11) is 1.59. The van der Waals surface area contributed by atoms with Crippen molar-refractivity contribution < 1.29 is 9.84 Å². The Morgan fingerprint density at radius 3 is 2.48 bits per heavy atom. The van der Waals surface area contributed by atoms with E-state index in [-0.39, 0.29) is 12.5 Å². The summed E-state index contributed by atoms with van der Waals surface area (Å²) in [5.41, 5.74) is 7.49. The molecule has 0 aliphatic rings. The Labute approximate surface area is 137 Å². The van der Waals surface area contributed by atoms with Crippen molar-refractivity contribution in [3.8, 4) is 5.75 Å². The van der Waals surface area contributed by atoms with Crippen LogP contribution < -0.4 is 10.5 Å². The normalized spacial score (nSPS) is 13.8. The number of halogens is 2. The van der Waals surface area contributed by atoms with Crippen molar-refractivity contribution in [1.82, 2.24) is 0 Å². The van der Waals surface area contributed by atoms with Gasteiger partial charge in [0.15, 0.2) is 0 Å². The number of hydrogen-bond donors (Lipinski definition) is 2. The zero-order valence-corrected chi connectivity index (χ0v) is 13.9. The van der Waals surface area contributed by atoms with Crippen molar-refractivity contribution >= 4 is 27.5 Å². The Hall–Kier alpha value is -1.07. The van der Waals surface area contributed by atoms with Gasteiger partial charge >= 0.3 is 0 Å². The van der Waals surface area contributed by atoms with Crippen LogP contribution in [0.5, 0.6) is 5.75 Å². The van der Waals surface area contributed by atoms with E-state index in [1.807, 2.05) is 24.3 Å². The van der Waals surface area contributed by atoms with Gasteiger partial charge in [-0.1, -0.05) is 39.7 Å². The first-order valence-electron chi connectivity index (χ1n) is 6.54. The maximum Gasteiger partial charge on any atom is 0.122 e. The molecule has 2 rings (SSSR count). The first-order valence-corrected chi connectivity index (χ1v) is 7.71. The summed E-state index contributed by atoms with van der Waals surface area (Å²) in [4.78, 5) is 0. The number of nitrogens with two attached hydrogens (primary N) is 1. The number of aliphatic hydroxyl groups excluding tert-OH is 1. The topological polar surface area (TPSA) is 55.5 Å². The average Bonchev–Trinajstić information content (AvgIpc) is 2.49. The molecule has 0 heterocycles. The van der Waals surface area contributed by atoms with Gasteiger partial charge in [-0.25, -0.2) is 0 Å². The third-order valence-corrected chi connectivity index (χ3v) is 4.20. The van der Waals surface area contributed by atoms with Crippen LogP contribution in [0, 0.1) is 0 Å². The van der Waals surface area contributed by atoms with E-state index in [4.69, 9.17) is 22.1 Å². The SMILES string of the molecule is COc1ccc(Cl)cc1C(CN)C(O)c1ccc(Br)cc1. The summed E-state index contributed by atoms with van der Waals surface area (Å²) in [6.45, 7) is 0.286. The lowest BCUT2D eigenvalue weighted by Crippen LogP contribution is -2.20. The lowest BCUT2D eigenvalue weighted by molar-refractivity contribution is 0.146. The third kappa shape index (κ3) is 3.77. The highest BCUT2D eigenvalue weighted by Gasteiger charge is 2.24. The predicted octanol–water partition coefficient (Wildman–Crippen LogP) is 3.89. The largest absolute Gasteiger partial charge is 0.496 e. The van der Waals surface area contributed by atoms with Crippen molar-refractivity contribution in [2.45, 2.75) is 12.0 Å². The number of methoxy groups -OCH3 is 1. The van der Waals surface area contributed by atoms with Crippen molar-refractivity contribution in [1.29, 1.82) is 0 Å². The summed E-state index contributed by atoms with van der Waals surface area (Å²) < 4.78 is 6.32. The highest BCUT2D eigenvalue weighted by atomic mass is 79.9. The molecular formula is C16H17BrClNO2. The molecule has 0 amide bonds. The second kappa shape index (κ2) is 7.27. The summed E-state index contributed by atoms with van der Waals surface area (Å²) >= 11 is 9.44. The molecule has 0 radical (unpaired) electrons. The molecule has 112 valence electrons. The maximum atomic E-state index is 10.6. The molecular weight excluding hydrogens is 354 g/mol. The van der Waals surface area contributed by atoms with Crippen LogP contribution in [-0.4, -0.2) is 18.8 Å². The molecule has 3 nitrogen and oxygen atoms in total. The molecule has 0 fully saturated rings. The van der Waals surface area contributed by atoms with Gasteiger partial charge in [-0.2, -0.15) is 0 Å². The van der Waals surface area contributed by atoms with Gasteiger partial charge in [-0.05, 0) is 35.9 Å². The fraction of sp³-hybridized carbons (Fsp3) is 0.250. The number of ether oxygens (including phenoxy) is 1. The van der Waals surface area contributed by atoms with E-state index in [9.17, 15) is 5.11 Å². The van der Waals surface area contributed by atoms with Crippen LogP contribution in [-0.2, 0) is 0 Å². The van der Waals surface area contributed by atoms with Crippen molar-refractivity contribution in [3.63, 3.8) is 0 Å². The molecule has 0 aromatic heterocycles. The van der Waals surface area contributed by atoms with Crippen molar-refractivity contribution in [2.24, 2.45) is 5.73 Å². The minimum absolute atomic E-state index is 0.286. The Balaban J connectivity index is 2.39. The average molecular weight is 371 g/mol. The Bertz CT molecular complexity index is 604. The van der Waals surface area contributed by atoms with Crippen LogP contribution in [0.1, 0.15) is 23.1 Å². The minimum Gasteiger partial charge on any atom is -0.496 e. The number of rotatable bonds is 5. The van der Waals surface area contributed by atoms with Crippen LogP contribution in [0.25, 0.3) is 0 Å². The lowest BCUT2D eigenvalue weighted by Gasteiger charge is -2.24. The van der Waals surface area contributed by atoms with E-state index in [0.717, 1.165) is 15.6 Å². The first kappa shape index (κ1) is 16.3. The zero-order chi connectivity index (χ0) is 15.4. The molecule has 2 atom stereocenters. The van der Waals surface area contributed by atoms with E-state index in [2.05, 4.69) is 15.9 Å². The molecule has 2 aromatic rings. The van der Waals surface area contributed by atoms with Gasteiger partial charge in [0.1, 0.15) is 5.75 Å². The summed E-state index contributed by atoms with van der Waals surface area (Å²) in [6, 6.07) is 12.9. The molecule has 0 saturated heterocycles. The van der Waals surface area contributed by atoms with Crippen LogP contribution in [0.2, 0.25) is 5.02 Å². The van der Waals surface area contributed by atoms with Gasteiger partial charge in [-0.3, -0.25) is 0 Å². The summed E-state index contributed by atoms with van der Waals surface area (Å²) in [5.74, 6) is 0.380. The van der Waals surface area contributed by atoms with E-state index < -0.39 is 6.10 Å². The van der Waals surface area contributed by atoms with E-state index in [1.165, 1.54) is 0 Å². The van der Waals surface area contributed by atoms with Gasteiger partial charge in [0.25, 0.3) is 0 Å². The fourth-order valence-electron chi connectivity index (χ4n) is 2.31. The number of aliphatic hydroxyl groups is 1. The monoisotopic (exact) mass is 369 g/mol. The smallest absolute Gasteiger partial charge is 0.122 e. The second-order valence-corrected chi connectivity index (χ2v) is 6.08. The van der Waals surface area contributed by atoms with E-state index in [0.29, 0.717) is 10.8 Å². The molecule has 3 N–H and O–H groups in total. The Kier molecular flexibility index (Phi) is 5.65. The zero-order valence-electron chi connectivity index (χ0n) is 11.6. The first-order chi connectivity index (χ1) is 10.1. The summed E-state index contributed by atoms with van der Waals surface area (Å²) in [5, 5.41) is 11.2. The van der Waals surface area contributed by atoms with Gasteiger partial charge in [0, 0.05) is 27.5 Å². The van der Waals surface area contributed by atoms with Gasteiger partial charge < -0.3 is 15.6 Å². The number of benzene rings is 2. The van der Waals surface area contributed by atoms with Gasteiger partial charge in [-0.15, -0.1) is 0 Å². The Morgan fingerprint density at radius 1 is 1.24 bits per heavy atom. The standard InChI is InChI=1S/C16H17BrClNO2/c1-21-15-7-6-12(18)8-13(15)14(9-19)16(20)10-2-4-11(17)5-3-10/h2-8,14,16,20H,9,19H2,1H3. The second-order valence-electron chi connectivity index (χ2n) is 4.72. The Morgan fingerprint density at radius 2 is 1.90 bits per heavy atom. The number of hydrogen-bond acceptors (Lipinski definition) is 3. The van der Waals surface area contributed by atoms with E-state index in [1.54, 1.807) is 25.3 Å². The van der Waals surface area contributed by atoms with Crippen LogP contribution in [0.3, 0.4) is 0 Å². The van der Waals surface area contributed by atoms with Crippen molar-refractivity contribution in [2.75, 3.05) is 13.7 Å². The van der Waals surface area contributed by atoms with Crippen molar-refractivity contribution in [3.05, 3.63) is 63.1 Å². The molecule has 21 heavy (non-hydrogen) atoms. The fourth-order valence-corrected chi connectivity index (χ4v) is 2.76. The third-order valence-electron chi connectivity index (χ3n) is 3.44. The minimum atomic E-state index is -0.726. The molecule has 0 aliphatic heterocycles. The maximum absolute atomic E-state index is 10.6. The highest BCUT2D eigenvalue weighted by Crippen LogP contribution is 2.37. The van der Waals surface area contributed by atoms with Crippen LogP contribution >= 0.6 is 27.5 Å². The molecule has 2 aromatic carbocycles. The van der Waals surface area contributed by atoms with Crippen LogP contribution in [0.15, 0.2) is 46.9 Å². The van der Waals surface area contributed by atoms with Gasteiger partial charge in [0.05, 0.1) is 13.2 Å². The molecule has 0 aliphatic carbocycles. The molecule has 0 bridgehead atoms. The van der Waals surface area contributed by atoms with Gasteiger partial charge in [0.2, 0.25) is 0 Å². The highest BCUT2D eigenvalue weighted by molar-refractivity contribution is 9.10. The molecule has 5 heteroatoms. The van der Waals surface area contributed by atoms with Crippen LogP contribution in [0.4, 0.5) is 0 Å². The summed E-state index contributed by atoms with van der Waals surface area (Å²) in [6.07, 6.45) is -0.726. The lowest BCUT2D eigenvalue weighted by atomic mass is 9.88.